The predicted octanol–water partition coefficient (Wildman–Crippen LogP) is 3.78. The van der Waals surface area contributed by atoms with E-state index >= 15 is 0 Å². The Hall–Kier alpha value is -1.01. The van der Waals surface area contributed by atoms with E-state index in [9.17, 15) is 8.42 Å². The first-order valence-corrected chi connectivity index (χ1v) is 9.40. The van der Waals surface area contributed by atoms with Crippen molar-refractivity contribution in [2.24, 2.45) is 0 Å². The molecule has 1 atom stereocenters. The first-order valence-electron chi connectivity index (χ1n) is 6.53. The Labute approximate surface area is 134 Å². The van der Waals surface area contributed by atoms with Gasteiger partial charge < -0.3 is 0 Å². The van der Waals surface area contributed by atoms with E-state index in [0.717, 1.165) is 11.3 Å². The van der Waals surface area contributed by atoms with Crippen LogP contribution in [0.3, 0.4) is 0 Å². The number of halogens is 1. The van der Waals surface area contributed by atoms with E-state index in [1.807, 2.05) is 30.3 Å². The van der Waals surface area contributed by atoms with E-state index in [1.165, 1.54) is 0 Å². The summed E-state index contributed by atoms with van der Waals surface area (Å²) in [6.45, 7) is 0.523. The van der Waals surface area contributed by atoms with Gasteiger partial charge in [0.25, 0.3) is 0 Å². The van der Waals surface area contributed by atoms with Gasteiger partial charge in [-0.1, -0.05) is 41.9 Å². The highest BCUT2D eigenvalue weighted by Gasteiger charge is 2.36. The molecular weight excluding hydrogens is 326 g/mol. The van der Waals surface area contributed by atoms with E-state index in [4.69, 9.17) is 11.6 Å². The van der Waals surface area contributed by atoms with Crippen molar-refractivity contribution in [2.75, 3.05) is 12.3 Å². The molecule has 1 heterocycles. The van der Waals surface area contributed by atoms with Gasteiger partial charge in [0.05, 0.1) is 10.3 Å². The largest absolute Gasteiger partial charge is 0.244 e. The van der Waals surface area contributed by atoms with Crippen LogP contribution in [0.25, 0.3) is 0 Å². The quantitative estimate of drug-likeness (QED) is 0.854. The van der Waals surface area contributed by atoms with Gasteiger partial charge in [-0.15, -0.1) is 11.8 Å². The molecule has 0 amide bonds. The third-order valence-electron chi connectivity index (χ3n) is 3.35. The van der Waals surface area contributed by atoms with Gasteiger partial charge in [0.1, 0.15) is 0 Å². The maximum atomic E-state index is 12.8. The number of rotatable bonds is 3. The Bertz CT molecular complexity index is 717. The Morgan fingerprint density at radius 3 is 2.38 bits per heavy atom. The van der Waals surface area contributed by atoms with Crippen molar-refractivity contribution in [3.05, 3.63) is 65.2 Å². The number of hydrogen-bond acceptors (Lipinski definition) is 3. The lowest BCUT2D eigenvalue weighted by Gasteiger charge is -2.23. The van der Waals surface area contributed by atoms with E-state index in [-0.39, 0.29) is 10.3 Å². The molecule has 21 heavy (non-hydrogen) atoms. The van der Waals surface area contributed by atoms with Crippen LogP contribution in [0.15, 0.2) is 59.5 Å². The number of benzene rings is 2. The van der Waals surface area contributed by atoms with Gasteiger partial charge in [0.2, 0.25) is 10.0 Å². The lowest BCUT2D eigenvalue weighted by molar-refractivity contribution is 0.434. The molecule has 110 valence electrons. The van der Waals surface area contributed by atoms with Crippen LogP contribution in [0.2, 0.25) is 5.02 Å². The molecular formula is C15H14ClNO2S2. The second-order valence-electron chi connectivity index (χ2n) is 4.70. The van der Waals surface area contributed by atoms with Crippen molar-refractivity contribution in [3.8, 4) is 0 Å². The number of nitrogens with zero attached hydrogens (tertiary/aromatic N) is 1. The van der Waals surface area contributed by atoms with Crippen LogP contribution in [0.5, 0.6) is 0 Å². The van der Waals surface area contributed by atoms with Crippen molar-refractivity contribution >= 4 is 33.4 Å². The SMILES string of the molecule is O=S(=O)(c1ccc(Cl)cc1)N1CCS[C@@H]1c1ccccc1. The molecule has 0 radical (unpaired) electrons. The minimum absolute atomic E-state index is 0.160. The topological polar surface area (TPSA) is 37.4 Å². The summed E-state index contributed by atoms with van der Waals surface area (Å²) in [4.78, 5) is 0.287. The summed E-state index contributed by atoms with van der Waals surface area (Å²) in [5.41, 5.74) is 1.01. The summed E-state index contributed by atoms with van der Waals surface area (Å²) >= 11 is 7.48. The van der Waals surface area contributed by atoms with Crippen molar-refractivity contribution in [3.63, 3.8) is 0 Å². The number of sulfonamides is 1. The van der Waals surface area contributed by atoms with Gasteiger partial charge in [-0.3, -0.25) is 0 Å². The first kappa shape index (κ1) is 14.9. The van der Waals surface area contributed by atoms with Gasteiger partial charge in [0, 0.05) is 17.3 Å². The van der Waals surface area contributed by atoms with Crippen LogP contribution in [-0.2, 0) is 10.0 Å². The van der Waals surface area contributed by atoms with Gasteiger partial charge in [-0.2, -0.15) is 4.31 Å². The smallest absolute Gasteiger partial charge is 0.207 e. The van der Waals surface area contributed by atoms with Crippen LogP contribution in [0.1, 0.15) is 10.9 Å². The van der Waals surface area contributed by atoms with E-state index in [1.54, 1.807) is 40.3 Å². The lowest BCUT2D eigenvalue weighted by Crippen LogP contribution is -2.30. The Morgan fingerprint density at radius 2 is 1.71 bits per heavy atom. The summed E-state index contributed by atoms with van der Waals surface area (Å²) in [6, 6.07) is 16.1. The number of hydrogen-bond donors (Lipinski definition) is 0. The normalized spacial score (nSPS) is 19.8. The predicted molar refractivity (Wildman–Crippen MR) is 87.0 cm³/mol. The third kappa shape index (κ3) is 2.97. The molecule has 0 N–H and O–H groups in total. The second kappa shape index (κ2) is 6.01. The van der Waals surface area contributed by atoms with Crippen LogP contribution in [0, 0.1) is 0 Å². The lowest BCUT2D eigenvalue weighted by atomic mass is 10.2. The molecule has 2 aromatic carbocycles. The zero-order valence-electron chi connectivity index (χ0n) is 11.1. The highest BCUT2D eigenvalue weighted by atomic mass is 35.5. The molecule has 1 aliphatic rings. The molecule has 0 aliphatic carbocycles. The fourth-order valence-corrected chi connectivity index (χ4v) is 5.69. The molecule has 1 aliphatic heterocycles. The Kier molecular flexibility index (Phi) is 4.26. The monoisotopic (exact) mass is 339 g/mol. The molecule has 3 rings (SSSR count). The highest BCUT2D eigenvalue weighted by Crippen LogP contribution is 2.41. The van der Waals surface area contributed by atoms with Gasteiger partial charge in [0.15, 0.2) is 0 Å². The molecule has 6 heteroatoms. The minimum Gasteiger partial charge on any atom is -0.207 e. The first-order chi connectivity index (χ1) is 10.1. The summed E-state index contributed by atoms with van der Waals surface area (Å²) in [7, 11) is -3.50. The van der Waals surface area contributed by atoms with Crippen molar-refractivity contribution < 1.29 is 8.42 Å². The van der Waals surface area contributed by atoms with Crippen LogP contribution in [0.4, 0.5) is 0 Å². The maximum Gasteiger partial charge on any atom is 0.244 e. The van der Waals surface area contributed by atoms with Crippen molar-refractivity contribution in [1.82, 2.24) is 4.31 Å². The molecule has 0 unspecified atom stereocenters. The fourth-order valence-electron chi connectivity index (χ4n) is 2.32. The maximum absolute atomic E-state index is 12.8. The Balaban J connectivity index is 1.96. The zero-order chi connectivity index (χ0) is 14.9. The van der Waals surface area contributed by atoms with E-state index in [0.29, 0.717) is 11.6 Å². The van der Waals surface area contributed by atoms with Crippen molar-refractivity contribution in [2.45, 2.75) is 10.3 Å². The molecule has 3 nitrogen and oxygen atoms in total. The minimum atomic E-state index is -3.50. The molecule has 0 aromatic heterocycles. The fraction of sp³-hybridized carbons (Fsp3) is 0.200. The van der Waals surface area contributed by atoms with Crippen LogP contribution in [-0.4, -0.2) is 25.0 Å². The van der Waals surface area contributed by atoms with Gasteiger partial charge in [-0.05, 0) is 29.8 Å². The van der Waals surface area contributed by atoms with E-state index < -0.39 is 10.0 Å². The average molecular weight is 340 g/mol. The van der Waals surface area contributed by atoms with Gasteiger partial charge >= 0.3 is 0 Å². The molecule has 0 spiro atoms. The summed E-state index contributed by atoms with van der Waals surface area (Å²) in [6.07, 6.45) is 0. The van der Waals surface area contributed by atoms with Crippen LogP contribution >= 0.6 is 23.4 Å². The zero-order valence-corrected chi connectivity index (χ0v) is 13.5. The molecule has 0 bridgehead atoms. The second-order valence-corrected chi connectivity index (χ2v) is 8.22. The third-order valence-corrected chi connectivity index (χ3v) is 6.88. The van der Waals surface area contributed by atoms with Crippen molar-refractivity contribution in [1.29, 1.82) is 0 Å². The number of thioether (sulfide) groups is 1. The molecule has 2 aromatic rings. The van der Waals surface area contributed by atoms with Gasteiger partial charge in [-0.25, -0.2) is 8.42 Å². The summed E-state index contributed by atoms with van der Waals surface area (Å²) in [5.74, 6) is 0.798. The molecule has 1 saturated heterocycles. The Morgan fingerprint density at radius 1 is 1.05 bits per heavy atom. The van der Waals surface area contributed by atoms with E-state index in [2.05, 4.69) is 0 Å². The average Bonchev–Trinajstić information content (AvgIpc) is 2.99. The summed E-state index contributed by atoms with van der Waals surface area (Å²) in [5, 5.41) is 0.372. The van der Waals surface area contributed by atoms with Crippen LogP contribution < -0.4 is 0 Å². The summed E-state index contributed by atoms with van der Waals surface area (Å²) < 4.78 is 27.2. The molecule has 1 fully saturated rings. The molecule has 0 saturated carbocycles. The highest BCUT2D eigenvalue weighted by molar-refractivity contribution is 8.01. The standard InChI is InChI=1S/C15H14ClNO2S2/c16-13-6-8-14(9-7-13)21(18,19)17-10-11-20-15(17)12-4-2-1-3-5-12/h1-9,15H,10-11H2/t15-/m1/s1.